The summed E-state index contributed by atoms with van der Waals surface area (Å²) in [5.41, 5.74) is 2.62. The Kier molecular flexibility index (Phi) is 3.90. The fourth-order valence-electron chi connectivity index (χ4n) is 2.59. The molecular weight excluding hydrogens is 320 g/mol. The molecule has 2 heterocycles. The van der Waals surface area contributed by atoms with Crippen LogP contribution in [-0.2, 0) is 0 Å². The largest absolute Gasteiger partial charge is 0.330 e. The predicted molar refractivity (Wildman–Crippen MR) is 96.4 cm³/mol. The topological polar surface area (TPSA) is 66.9 Å². The number of nitrogens with zero attached hydrogens (tertiary/aromatic N) is 2. The molecule has 0 saturated heterocycles. The lowest BCUT2D eigenvalue weighted by Crippen LogP contribution is -2.31. The molecule has 24 heavy (non-hydrogen) atoms. The molecule has 2 aromatic heterocycles. The highest BCUT2D eigenvalue weighted by Gasteiger charge is 2.27. The molecule has 0 unspecified atom stereocenters. The number of carbonyl (C=O) groups is 1. The zero-order valence-electron chi connectivity index (χ0n) is 13.3. The maximum Gasteiger partial charge on any atom is 0.319 e. The number of fused-ring (bicyclic) bond motifs is 1. The molecule has 5 nitrogen and oxygen atoms in total. The summed E-state index contributed by atoms with van der Waals surface area (Å²) in [6.45, 7) is 1.91. The molecule has 0 spiro atoms. The van der Waals surface area contributed by atoms with Crippen LogP contribution in [-0.4, -0.2) is 16.0 Å². The van der Waals surface area contributed by atoms with Crippen molar-refractivity contribution >= 4 is 33.3 Å². The van der Waals surface area contributed by atoms with Gasteiger partial charge in [-0.1, -0.05) is 6.07 Å². The second-order valence-electron chi connectivity index (χ2n) is 6.08. The summed E-state index contributed by atoms with van der Waals surface area (Å²) in [4.78, 5) is 21.1. The van der Waals surface area contributed by atoms with Gasteiger partial charge in [0.1, 0.15) is 0 Å². The highest BCUT2D eigenvalue weighted by molar-refractivity contribution is 7.18. The number of amides is 2. The summed E-state index contributed by atoms with van der Waals surface area (Å²) in [5.74, 6) is 0.654. The van der Waals surface area contributed by atoms with Gasteiger partial charge in [-0.15, -0.1) is 11.3 Å². The number of pyridine rings is 1. The van der Waals surface area contributed by atoms with Crippen molar-refractivity contribution in [2.24, 2.45) is 0 Å². The van der Waals surface area contributed by atoms with E-state index in [4.69, 9.17) is 0 Å². The number of hydrogen-bond acceptors (Lipinski definition) is 4. The average Bonchev–Trinajstić information content (AvgIpc) is 3.35. The van der Waals surface area contributed by atoms with Crippen molar-refractivity contribution in [3.8, 4) is 0 Å². The zero-order valence-corrected chi connectivity index (χ0v) is 14.1. The summed E-state index contributed by atoms with van der Waals surface area (Å²) in [6, 6.07) is 11.1. The fourth-order valence-corrected chi connectivity index (χ4v) is 3.77. The maximum atomic E-state index is 12.2. The van der Waals surface area contributed by atoms with E-state index >= 15 is 0 Å². The lowest BCUT2D eigenvalue weighted by atomic mass is 10.2. The monoisotopic (exact) mass is 338 g/mol. The van der Waals surface area contributed by atoms with E-state index in [9.17, 15) is 4.79 Å². The number of aromatic nitrogens is 2. The van der Waals surface area contributed by atoms with Gasteiger partial charge in [-0.3, -0.25) is 4.98 Å². The van der Waals surface area contributed by atoms with Crippen LogP contribution < -0.4 is 10.6 Å². The number of thiazole rings is 1. The van der Waals surface area contributed by atoms with Crippen molar-refractivity contribution in [2.45, 2.75) is 31.7 Å². The summed E-state index contributed by atoms with van der Waals surface area (Å²) in [7, 11) is 0. The first-order valence-corrected chi connectivity index (χ1v) is 8.89. The molecule has 2 amide bonds. The van der Waals surface area contributed by atoms with Gasteiger partial charge in [0.15, 0.2) is 0 Å². The van der Waals surface area contributed by atoms with Gasteiger partial charge in [0.2, 0.25) is 0 Å². The van der Waals surface area contributed by atoms with E-state index in [1.807, 2.05) is 43.3 Å². The molecule has 1 atom stereocenters. The molecule has 1 fully saturated rings. The standard InChI is InChI=1S/C18H18N4OS/c1-11(14-4-2-3-9-19-14)20-18(23)21-13-7-8-15-16(10-13)24-17(22-15)12-5-6-12/h2-4,7-12H,5-6H2,1H3,(H2,20,21,23)/t11-/m0/s1. The molecule has 0 aliphatic heterocycles. The number of rotatable bonds is 4. The molecule has 1 aliphatic carbocycles. The molecule has 6 heteroatoms. The number of hydrogen-bond donors (Lipinski definition) is 2. The van der Waals surface area contributed by atoms with Gasteiger partial charge in [0, 0.05) is 17.8 Å². The Morgan fingerprint density at radius 3 is 2.92 bits per heavy atom. The van der Waals surface area contributed by atoms with E-state index in [-0.39, 0.29) is 12.1 Å². The van der Waals surface area contributed by atoms with Gasteiger partial charge >= 0.3 is 6.03 Å². The highest BCUT2D eigenvalue weighted by Crippen LogP contribution is 2.43. The van der Waals surface area contributed by atoms with Crippen LogP contribution in [0.15, 0.2) is 42.6 Å². The molecule has 0 radical (unpaired) electrons. The second kappa shape index (κ2) is 6.20. The molecule has 122 valence electrons. The van der Waals surface area contributed by atoms with Crippen molar-refractivity contribution in [3.63, 3.8) is 0 Å². The van der Waals surface area contributed by atoms with Gasteiger partial charge in [-0.05, 0) is 50.1 Å². The van der Waals surface area contributed by atoms with Crippen LogP contribution in [0.1, 0.15) is 42.4 Å². The number of nitrogens with one attached hydrogen (secondary N) is 2. The summed E-state index contributed by atoms with van der Waals surface area (Å²) < 4.78 is 1.12. The van der Waals surface area contributed by atoms with Crippen LogP contribution in [0.3, 0.4) is 0 Å². The Morgan fingerprint density at radius 2 is 2.17 bits per heavy atom. The van der Waals surface area contributed by atoms with Gasteiger partial charge < -0.3 is 10.6 Å². The second-order valence-corrected chi connectivity index (χ2v) is 7.15. The van der Waals surface area contributed by atoms with Gasteiger partial charge in [0.25, 0.3) is 0 Å². The molecule has 4 rings (SSSR count). The van der Waals surface area contributed by atoms with E-state index < -0.39 is 0 Å². The van der Waals surface area contributed by atoms with Crippen LogP contribution >= 0.6 is 11.3 Å². The first-order valence-electron chi connectivity index (χ1n) is 8.08. The molecule has 2 N–H and O–H groups in total. The number of urea groups is 1. The minimum Gasteiger partial charge on any atom is -0.330 e. The Labute approximate surface area is 144 Å². The Hall–Kier alpha value is -2.47. The Morgan fingerprint density at radius 1 is 1.29 bits per heavy atom. The van der Waals surface area contributed by atoms with E-state index in [0.717, 1.165) is 21.6 Å². The van der Waals surface area contributed by atoms with Crippen LogP contribution in [0.4, 0.5) is 10.5 Å². The van der Waals surface area contributed by atoms with E-state index in [1.54, 1.807) is 17.5 Å². The van der Waals surface area contributed by atoms with Crippen LogP contribution in [0.5, 0.6) is 0 Å². The molecular formula is C18H18N4OS. The minimum absolute atomic E-state index is 0.153. The first-order chi connectivity index (χ1) is 11.7. The number of anilines is 1. The summed E-state index contributed by atoms with van der Waals surface area (Å²) >= 11 is 1.73. The minimum atomic E-state index is -0.237. The van der Waals surface area contributed by atoms with E-state index in [0.29, 0.717) is 5.92 Å². The fraction of sp³-hybridized carbons (Fsp3) is 0.278. The molecule has 1 saturated carbocycles. The summed E-state index contributed by atoms with van der Waals surface area (Å²) in [5, 5.41) is 7.01. The number of carbonyl (C=O) groups excluding carboxylic acids is 1. The zero-order chi connectivity index (χ0) is 16.5. The maximum absolute atomic E-state index is 12.2. The molecule has 0 bridgehead atoms. The highest BCUT2D eigenvalue weighted by atomic mass is 32.1. The van der Waals surface area contributed by atoms with E-state index in [1.165, 1.54) is 17.8 Å². The van der Waals surface area contributed by atoms with Crippen molar-refractivity contribution < 1.29 is 4.79 Å². The smallest absolute Gasteiger partial charge is 0.319 e. The van der Waals surface area contributed by atoms with Crippen LogP contribution in [0, 0.1) is 0 Å². The van der Waals surface area contributed by atoms with Crippen LogP contribution in [0.25, 0.3) is 10.2 Å². The molecule has 1 aliphatic rings. The van der Waals surface area contributed by atoms with Crippen molar-refractivity contribution in [1.82, 2.24) is 15.3 Å². The van der Waals surface area contributed by atoms with Crippen molar-refractivity contribution in [1.29, 1.82) is 0 Å². The molecule has 1 aromatic carbocycles. The van der Waals surface area contributed by atoms with Crippen LogP contribution in [0.2, 0.25) is 0 Å². The lowest BCUT2D eigenvalue weighted by Gasteiger charge is -2.14. The lowest BCUT2D eigenvalue weighted by molar-refractivity contribution is 0.249. The Balaban J connectivity index is 1.44. The Bertz CT molecular complexity index is 873. The summed E-state index contributed by atoms with van der Waals surface area (Å²) in [6.07, 6.45) is 4.22. The quantitative estimate of drug-likeness (QED) is 0.738. The third-order valence-electron chi connectivity index (χ3n) is 4.07. The number of benzene rings is 1. The van der Waals surface area contributed by atoms with Crippen molar-refractivity contribution in [3.05, 3.63) is 53.3 Å². The van der Waals surface area contributed by atoms with E-state index in [2.05, 4.69) is 20.6 Å². The predicted octanol–water partition coefficient (Wildman–Crippen LogP) is 4.45. The van der Waals surface area contributed by atoms with Gasteiger partial charge in [-0.25, -0.2) is 9.78 Å². The molecule has 3 aromatic rings. The SMILES string of the molecule is C[C@H](NC(=O)Nc1ccc2nc(C3CC3)sc2c1)c1ccccn1. The third kappa shape index (κ3) is 3.23. The normalized spacial score (nSPS) is 15.2. The van der Waals surface area contributed by atoms with Gasteiger partial charge in [0.05, 0.1) is 27.0 Å². The van der Waals surface area contributed by atoms with Gasteiger partial charge in [-0.2, -0.15) is 0 Å². The first kappa shape index (κ1) is 15.1. The van der Waals surface area contributed by atoms with Crippen molar-refractivity contribution in [2.75, 3.05) is 5.32 Å². The average molecular weight is 338 g/mol. The third-order valence-corrected chi connectivity index (χ3v) is 5.25.